The lowest BCUT2D eigenvalue weighted by molar-refractivity contribution is -0.122. The SMILES string of the molecule is CNC(=O)CCN1C[C@@H](NC(=O)Cc2ccccc2C)[C@H](C(C)C)C1. The van der Waals surface area contributed by atoms with Gasteiger partial charge in [-0.05, 0) is 29.9 Å². The minimum atomic E-state index is 0.0631. The third-order valence-electron chi connectivity index (χ3n) is 5.19. The predicted molar refractivity (Wildman–Crippen MR) is 100 cm³/mol. The fourth-order valence-corrected chi connectivity index (χ4v) is 3.55. The molecule has 2 N–H and O–H groups in total. The molecule has 1 aromatic rings. The number of benzene rings is 1. The normalized spacial score (nSPS) is 20.7. The second kappa shape index (κ2) is 8.99. The number of aryl methyl sites for hydroxylation is 1. The van der Waals surface area contributed by atoms with Crippen LogP contribution in [0, 0.1) is 18.8 Å². The number of nitrogens with one attached hydrogen (secondary N) is 2. The quantitative estimate of drug-likeness (QED) is 0.791. The average molecular weight is 345 g/mol. The van der Waals surface area contributed by atoms with E-state index in [1.165, 1.54) is 0 Å². The van der Waals surface area contributed by atoms with Crippen molar-refractivity contribution < 1.29 is 9.59 Å². The minimum Gasteiger partial charge on any atom is -0.359 e. The van der Waals surface area contributed by atoms with Gasteiger partial charge in [-0.25, -0.2) is 0 Å². The van der Waals surface area contributed by atoms with E-state index < -0.39 is 0 Å². The van der Waals surface area contributed by atoms with E-state index in [4.69, 9.17) is 0 Å². The Morgan fingerprint density at radius 2 is 1.92 bits per heavy atom. The van der Waals surface area contributed by atoms with Crippen LogP contribution in [0.3, 0.4) is 0 Å². The summed E-state index contributed by atoms with van der Waals surface area (Å²) in [5.74, 6) is 1.06. The molecule has 0 aromatic heterocycles. The Morgan fingerprint density at radius 3 is 2.56 bits per heavy atom. The van der Waals surface area contributed by atoms with E-state index in [1.807, 2.05) is 31.2 Å². The lowest BCUT2D eigenvalue weighted by Gasteiger charge is -2.23. The largest absolute Gasteiger partial charge is 0.359 e. The first-order valence-electron chi connectivity index (χ1n) is 9.17. The number of carbonyl (C=O) groups is 2. The Kier molecular flexibility index (Phi) is 7.00. The molecule has 1 heterocycles. The van der Waals surface area contributed by atoms with E-state index in [9.17, 15) is 9.59 Å². The highest BCUT2D eigenvalue weighted by Crippen LogP contribution is 2.24. The number of likely N-dealkylation sites (tertiary alicyclic amines) is 1. The van der Waals surface area contributed by atoms with Gasteiger partial charge in [0.05, 0.1) is 6.42 Å². The third-order valence-corrected chi connectivity index (χ3v) is 5.19. The molecule has 0 unspecified atom stereocenters. The van der Waals surface area contributed by atoms with Crippen LogP contribution in [-0.4, -0.2) is 49.4 Å². The predicted octanol–water partition coefficient (Wildman–Crippen LogP) is 1.75. The van der Waals surface area contributed by atoms with E-state index in [0.29, 0.717) is 24.7 Å². The van der Waals surface area contributed by atoms with Crippen molar-refractivity contribution in [1.82, 2.24) is 15.5 Å². The molecule has 1 aromatic carbocycles. The maximum atomic E-state index is 12.5. The summed E-state index contributed by atoms with van der Waals surface area (Å²) in [5, 5.41) is 5.90. The molecule has 5 heteroatoms. The smallest absolute Gasteiger partial charge is 0.224 e. The molecule has 0 spiro atoms. The van der Waals surface area contributed by atoms with Crippen LogP contribution in [0.15, 0.2) is 24.3 Å². The van der Waals surface area contributed by atoms with Crippen molar-refractivity contribution in [2.75, 3.05) is 26.7 Å². The van der Waals surface area contributed by atoms with Crippen molar-refractivity contribution in [3.05, 3.63) is 35.4 Å². The number of hydrogen-bond acceptors (Lipinski definition) is 3. The highest BCUT2D eigenvalue weighted by Gasteiger charge is 2.35. The monoisotopic (exact) mass is 345 g/mol. The van der Waals surface area contributed by atoms with Gasteiger partial charge in [0.25, 0.3) is 0 Å². The zero-order valence-electron chi connectivity index (χ0n) is 15.8. The van der Waals surface area contributed by atoms with Gasteiger partial charge >= 0.3 is 0 Å². The second-order valence-electron chi connectivity index (χ2n) is 7.37. The molecule has 0 saturated carbocycles. The Hall–Kier alpha value is -1.88. The van der Waals surface area contributed by atoms with Gasteiger partial charge in [0.1, 0.15) is 0 Å². The Morgan fingerprint density at radius 1 is 1.20 bits per heavy atom. The summed E-state index contributed by atoms with van der Waals surface area (Å²) in [5.41, 5.74) is 2.23. The zero-order valence-corrected chi connectivity index (χ0v) is 15.8. The molecule has 0 bridgehead atoms. The fraction of sp³-hybridized carbons (Fsp3) is 0.600. The van der Waals surface area contributed by atoms with Crippen LogP contribution in [0.2, 0.25) is 0 Å². The summed E-state index contributed by atoms with van der Waals surface area (Å²) in [6, 6.07) is 8.17. The van der Waals surface area contributed by atoms with Crippen molar-refractivity contribution in [2.45, 2.75) is 39.7 Å². The molecule has 2 rings (SSSR count). The van der Waals surface area contributed by atoms with Gasteiger partial charge in [-0.1, -0.05) is 38.1 Å². The van der Waals surface area contributed by atoms with Crippen molar-refractivity contribution in [2.24, 2.45) is 11.8 Å². The van der Waals surface area contributed by atoms with Gasteiger partial charge in [0.15, 0.2) is 0 Å². The number of amides is 2. The molecule has 138 valence electrons. The van der Waals surface area contributed by atoms with Crippen LogP contribution in [-0.2, 0) is 16.0 Å². The van der Waals surface area contributed by atoms with E-state index in [0.717, 1.165) is 30.8 Å². The third kappa shape index (κ3) is 5.56. The highest BCUT2D eigenvalue weighted by molar-refractivity contribution is 5.79. The number of carbonyl (C=O) groups excluding carboxylic acids is 2. The topological polar surface area (TPSA) is 61.4 Å². The average Bonchev–Trinajstić information content (AvgIpc) is 2.97. The first-order chi connectivity index (χ1) is 11.9. The summed E-state index contributed by atoms with van der Waals surface area (Å²) < 4.78 is 0. The summed E-state index contributed by atoms with van der Waals surface area (Å²) >= 11 is 0. The zero-order chi connectivity index (χ0) is 18.4. The molecule has 2 amide bonds. The number of hydrogen-bond donors (Lipinski definition) is 2. The van der Waals surface area contributed by atoms with Crippen molar-refractivity contribution in [3.63, 3.8) is 0 Å². The molecule has 1 saturated heterocycles. The molecule has 5 nitrogen and oxygen atoms in total. The molecular weight excluding hydrogens is 314 g/mol. The summed E-state index contributed by atoms with van der Waals surface area (Å²) in [4.78, 5) is 26.3. The van der Waals surface area contributed by atoms with E-state index in [1.54, 1.807) is 7.05 Å². The standard InChI is InChI=1S/C20H31N3O2/c1-14(2)17-12-23(10-9-19(24)21-4)13-18(17)22-20(25)11-16-8-6-5-7-15(16)3/h5-8,14,17-18H,9-13H2,1-4H3,(H,21,24)(H,22,25)/t17-,18+/m0/s1. The van der Waals surface area contributed by atoms with Crippen LogP contribution in [0.25, 0.3) is 0 Å². The van der Waals surface area contributed by atoms with Gasteiger partial charge < -0.3 is 15.5 Å². The fourth-order valence-electron chi connectivity index (χ4n) is 3.55. The van der Waals surface area contributed by atoms with Crippen LogP contribution >= 0.6 is 0 Å². The van der Waals surface area contributed by atoms with Crippen molar-refractivity contribution in [3.8, 4) is 0 Å². The van der Waals surface area contributed by atoms with Crippen LogP contribution < -0.4 is 10.6 Å². The summed E-state index contributed by atoms with van der Waals surface area (Å²) in [7, 11) is 1.66. The van der Waals surface area contributed by atoms with E-state index in [2.05, 4.69) is 29.4 Å². The maximum absolute atomic E-state index is 12.5. The van der Waals surface area contributed by atoms with Gasteiger partial charge in [-0.2, -0.15) is 0 Å². The molecular formula is C20H31N3O2. The first-order valence-corrected chi connectivity index (χ1v) is 9.17. The number of nitrogens with zero attached hydrogens (tertiary/aromatic N) is 1. The molecule has 1 aliphatic heterocycles. The van der Waals surface area contributed by atoms with E-state index >= 15 is 0 Å². The molecule has 2 atom stereocenters. The molecule has 0 radical (unpaired) electrons. The minimum absolute atomic E-state index is 0.0631. The summed E-state index contributed by atoms with van der Waals surface area (Å²) in [6.07, 6.45) is 0.928. The molecule has 1 fully saturated rings. The van der Waals surface area contributed by atoms with Crippen molar-refractivity contribution >= 4 is 11.8 Å². The maximum Gasteiger partial charge on any atom is 0.224 e. The Balaban J connectivity index is 1.93. The first kappa shape index (κ1) is 19.4. The van der Waals surface area contributed by atoms with E-state index in [-0.39, 0.29) is 17.9 Å². The lowest BCUT2D eigenvalue weighted by Crippen LogP contribution is -2.42. The van der Waals surface area contributed by atoms with Crippen molar-refractivity contribution in [1.29, 1.82) is 0 Å². The summed E-state index contributed by atoms with van der Waals surface area (Å²) in [6.45, 7) is 8.94. The highest BCUT2D eigenvalue weighted by atomic mass is 16.2. The second-order valence-corrected chi connectivity index (χ2v) is 7.37. The Bertz CT molecular complexity index is 600. The number of rotatable bonds is 7. The molecule has 0 aliphatic carbocycles. The van der Waals surface area contributed by atoms with Crippen LogP contribution in [0.5, 0.6) is 0 Å². The van der Waals surface area contributed by atoms with Crippen LogP contribution in [0.1, 0.15) is 31.4 Å². The molecule has 1 aliphatic rings. The van der Waals surface area contributed by atoms with Gasteiger partial charge in [-0.15, -0.1) is 0 Å². The Labute approximate surface area is 151 Å². The lowest BCUT2D eigenvalue weighted by atomic mass is 9.91. The van der Waals surface area contributed by atoms with Gasteiger partial charge in [0, 0.05) is 39.1 Å². The molecule has 25 heavy (non-hydrogen) atoms. The van der Waals surface area contributed by atoms with Crippen LogP contribution in [0.4, 0.5) is 0 Å². The van der Waals surface area contributed by atoms with Gasteiger partial charge in [-0.3, -0.25) is 9.59 Å². The van der Waals surface area contributed by atoms with Gasteiger partial charge in [0.2, 0.25) is 11.8 Å².